The van der Waals surface area contributed by atoms with Gasteiger partial charge in [0.2, 0.25) is 0 Å². The van der Waals surface area contributed by atoms with Crippen LogP contribution in [0.3, 0.4) is 0 Å². The predicted octanol–water partition coefficient (Wildman–Crippen LogP) is 2.49. The van der Waals surface area contributed by atoms with Gasteiger partial charge in [0.25, 0.3) is 0 Å². The standard InChI is InChI=1S/C13H15NO/c1-10-2-3-12-9-13(15-7-6-14)5-4-11(12)8-10/h2-5,8-9H,6-7,14H2,1H3. The van der Waals surface area contributed by atoms with Gasteiger partial charge in [0, 0.05) is 6.54 Å². The van der Waals surface area contributed by atoms with Crippen molar-refractivity contribution in [2.24, 2.45) is 5.73 Å². The Hall–Kier alpha value is -1.54. The van der Waals surface area contributed by atoms with Gasteiger partial charge in [-0.1, -0.05) is 29.8 Å². The fourth-order valence-corrected chi connectivity index (χ4v) is 1.61. The molecule has 0 heterocycles. The summed E-state index contributed by atoms with van der Waals surface area (Å²) >= 11 is 0. The summed E-state index contributed by atoms with van der Waals surface area (Å²) in [6.07, 6.45) is 0. The topological polar surface area (TPSA) is 35.2 Å². The highest BCUT2D eigenvalue weighted by atomic mass is 16.5. The zero-order valence-electron chi connectivity index (χ0n) is 8.86. The Labute approximate surface area is 89.7 Å². The summed E-state index contributed by atoms with van der Waals surface area (Å²) in [5.74, 6) is 0.886. The largest absolute Gasteiger partial charge is 0.492 e. The lowest BCUT2D eigenvalue weighted by Gasteiger charge is -2.06. The van der Waals surface area contributed by atoms with Crippen LogP contribution in [0.4, 0.5) is 0 Å². The normalized spacial score (nSPS) is 10.5. The van der Waals surface area contributed by atoms with Crippen molar-refractivity contribution in [1.82, 2.24) is 0 Å². The van der Waals surface area contributed by atoms with E-state index >= 15 is 0 Å². The van der Waals surface area contributed by atoms with Gasteiger partial charge in [0.15, 0.2) is 0 Å². The Bertz CT molecular complexity index is 465. The van der Waals surface area contributed by atoms with Crippen LogP contribution in [0.1, 0.15) is 5.56 Å². The minimum absolute atomic E-state index is 0.548. The molecule has 0 fully saturated rings. The van der Waals surface area contributed by atoms with Crippen molar-refractivity contribution >= 4 is 10.8 Å². The van der Waals surface area contributed by atoms with Crippen molar-refractivity contribution in [2.75, 3.05) is 13.2 Å². The van der Waals surface area contributed by atoms with Gasteiger partial charge < -0.3 is 10.5 Å². The first-order valence-electron chi connectivity index (χ1n) is 5.13. The Morgan fingerprint density at radius 3 is 2.60 bits per heavy atom. The first-order valence-corrected chi connectivity index (χ1v) is 5.13. The third-order valence-electron chi connectivity index (χ3n) is 2.35. The molecule has 0 bridgehead atoms. The molecule has 0 spiro atoms. The fourth-order valence-electron chi connectivity index (χ4n) is 1.61. The minimum atomic E-state index is 0.548. The minimum Gasteiger partial charge on any atom is -0.492 e. The van der Waals surface area contributed by atoms with Crippen molar-refractivity contribution in [1.29, 1.82) is 0 Å². The van der Waals surface area contributed by atoms with E-state index in [2.05, 4.69) is 31.2 Å². The number of aryl methyl sites for hydroxylation is 1. The van der Waals surface area contributed by atoms with Crippen molar-refractivity contribution in [3.05, 3.63) is 42.0 Å². The molecule has 2 heteroatoms. The molecule has 0 atom stereocenters. The maximum Gasteiger partial charge on any atom is 0.120 e. The number of ether oxygens (including phenoxy) is 1. The summed E-state index contributed by atoms with van der Waals surface area (Å²) in [6.45, 7) is 3.21. The van der Waals surface area contributed by atoms with Crippen molar-refractivity contribution in [2.45, 2.75) is 6.92 Å². The van der Waals surface area contributed by atoms with Gasteiger partial charge in [-0.2, -0.15) is 0 Å². The monoisotopic (exact) mass is 201 g/mol. The summed E-state index contributed by atoms with van der Waals surface area (Å²) in [6, 6.07) is 12.5. The number of benzene rings is 2. The Balaban J connectivity index is 2.34. The van der Waals surface area contributed by atoms with E-state index in [1.165, 1.54) is 16.3 Å². The molecule has 0 aliphatic rings. The molecule has 0 aliphatic heterocycles. The van der Waals surface area contributed by atoms with Gasteiger partial charge in [-0.25, -0.2) is 0 Å². The Kier molecular flexibility index (Phi) is 2.88. The summed E-state index contributed by atoms with van der Waals surface area (Å²) in [5, 5.41) is 2.45. The second-order valence-corrected chi connectivity index (χ2v) is 3.65. The molecule has 78 valence electrons. The molecule has 0 aromatic heterocycles. The highest BCUT2D eigenvalue weighted by Crippen LogP contribution is 2.21. The van der Waals surface area contributed by atoms with Crippen LogP contribution in [0.25, 0.3) is 10.8 Å². The van der Waals surface area contributed by atoms with E-state index in [9.17, 15) is 0 Å². The predicted molar refractivity (Wildman–Crippen MR) is 63.2 cm³/mol. The van der Waals surface area contributed by atoms with Crippen LogP contribution in [-0.2, 0) is 0 Å². The highest BCUT2D eigenvalue weighted by molar-refractivity contribution is 5.84. The van der Waals surface area contributed by atoms with Crippen LogP contribution in [-0.4, -0.2) is 13.2 Å². The Morgan fingerprint density at radius 2 is 1.80 bits per heavy atom. The molecule has 2 aromatic carbocycles. The maximum atomic E-state index is 5.47. The molecule has 0 amide bonds. The van der Waals surface area contributed by atoms with Gasteiger partial charge in [0.1, 0.15) is 12.4 Å². The number of nitrogens with two attached hydrogens (primary N) is 1. The van der Waals surface area contributed by atoms with Crippen molar-refractivity contribution in [3.63, 3.8) is 0 Å². The first-order chi connectivity index (χ1) is 7.29. The quantitative estimate of drug-likeness (QED) is 0.828. The van der Waals surface area contributed by atoms with E-state index < -0.39 is 0 Å². The molecular formula is C13H15NO. The zero-order chi connectivity index (χ0) is 10.7. The van der Waals surface area contributed by atoms with Crippen LogP contribution in [0.5, 0.6) is 5.75 Å². The third-order valence-corrected chi connectivity index (χ3v) is 2.35. The van der Waals surface area contributed by atoms with Crippen LogP contribution in [0.2, 0.25) is 0 Å². The van der Waals surface area contributed by atoms with E-state index in [-0.39, 0.29) is 0 Å². The SMILES string of the molecule is Cc1ccc2cc(OCCN)ccc2c1. The molecule has 0 saturated heterocycles. The number of fused-ring (bicyclic) bond motifs is 1. The smallest absolute Gasteiger partial charge is 0.120 e. The molecule has 2 N–H and O–H groups in total. The third kappa shape index (κ3) is 2.28. The van der Waals surface area contributed by atoms with Gasteiger partial charge in [-0.3, -0.25) is 0 Å². The van der Waals surface area contributed by atoms with Crippen LogP contribution in [0.15, 0.2) is 36.4 Å². The molecule has 0 aliphatic carbocycles. The van der Waals surface area contributed by atoms with Crippen LogP contribution in [0, 0.1) is 6.92 Å². The average molecular weight is 201 g/mol. The number of rotatable bonds is 3. The second kappa shape index (κ2) is 4.32. The van der Waals surface area contributed by atoms with Crippen LogP contribution >= 0.6 is 0 Å². The van der Waals surface area contributed by atoms with Gasteiger partial charge in [-0.15, -0.1) is 0 Å². The second-order valence-electron chi connectivity index (χ2n) is 3.65. The van der Waals surface area contributed by atoms with E-state index in [0.29, 0.717) is 13.2 Å². The highest BCUT2D eigenvalue weighted by Gasteiger charge is 1.97. The van der Waals surface area contributed by atoms with Gasteiger partial charge >= 0.3 is 0 Å². The summed E-state index contributed by atoms with van der Waals surface area (Å²) in [5.41, 5.74) is 6.66. The molecule has 0 radical (unpaired) electrons. The number of hydrogen-bond donors (Lipinski definition) is 1. The molecule has 2 rings (SSSR count). The van der Waals surface area contributed by atoms with Crippen molar-refractivity contribution in [3.8, 4) is 5.75 Å². The van der Waals surface area contributed by atoms with E-state index in [1.807, 2.05) is 12.1 Å². The summed E-state index contributed by atoms with van der Waals surface area (Å²) in [7, 11) is 0. The lowest BCUT2D eigenvalue weighted by molar-refractivity contribution is 0.329. The fraction of sp³-hybridized carbons (Fsp3) is 0.231. The number of hydrogen-bond acceptors (Lipinski definition) is 2. The lowest BCUT2D eigenvalue weighted by atomic mass is 10.1. The first kappa shape index (κ1) is 9.99. The molecule has 0 saturated carbocycles. The van der Waals surface area contributed by atoms with Crippen molar-refractivity contribution < 1.29 is 4.74 Å². The van der Waals surface area contributed by atoms with E-state index in [4.69, 9.17) is 10.5 Å². The molecule has 2 nitrogen and oxygen atoms in total. The molecule has 2 aromatic rings. The molecule has 0 unspecified atom stereocenters. The molecular weight excluding hydrogens is 186 g/mol. The lowest BCUT2D eigenvalue weighted by Crippen LogP contribution is -2.10. The Morgan fingerprint density at radius 1 is 1.07 bits per heavy atom. The maximum absolute atomic E-state index is 5.47. The van der Waals surface area contributed by atoms with Gasteiger partial charge in [0.05, 0.1) is 0 Å². The zero-order valence-corrected chi connectivity index (χ0v) is 8.86. The summed E-state index contributed by atoms with van der Waals surface area (Å²) < 4.78 is 5.47. The van der Waals surface area contributed by atoms with Crippen LogP contribution < -0.4 is 10.5 Å². The summed E-state index contributed by atoms with van der Waals surface area (Å²) in [4.78, 5) is 0. The van der Waals surface area contributed by atoms with E-state index in [0.717, 1.165) is 5.75 Å². The van der Waals surface area contributed by atoms with Gasteiger partial charge in [-0.05, 0) is 29.8 Å². The average Bonchev–Trinajstić information content (AvgIpc) is 2.26. The van der Waals surface area contributed by atoms with E-state index in [1.54, 1.807) is 0 Å². The molecule has 15 heavy (non-hydrogen) atoms.